The number of ketones is 1. The van der Waals surface area contributed by atoms with Crippen LogP contribution in [0.3, 0.4) is 0 Å². The minimum atomic E-state index is -0.845. The summed E-state index contributed by atoms with van der Waals surface area (Å²) in [6.07, 6.45) is 1.61. The molecule has 0 saturated carbocycles. The molecule has 166 valence electrons. The molecule has 1 amide bonds. The van der Waals surface area contributed by atoms with Gasteiger partial charge in [-0.05, 0) is 47.5 Å². The fourth-order valence-corrected chi connectivity index (χ4v) is 3.86. The molecule has 0 aromatic heterocycles. The Bertz CT molecular complexity index is 1220. The summed E-state index contributed by atoms with van der Waals surface area (Å²) in [5.41, 5.74) is 1.64. The lowest BCUT2D eigenvalue weighted by Crippen LogP contribution is -2.29. The molecule has 6 heteroatoms. The van der Waals surface area contributed by atoms with E-state index in [0.717, 1.165) is 5.56 Å². The van der Waals surface area contributed by atoms with Gasteiger partial charge in [0.15, 0.2) is 0 Å². The first-order valence-electron chi connectivity index (χ1n) is 10.4. The molecule has 1 atom stereocenters. The average Bonchev–Trinajstić information content (AvgIpc) is 3.08. The molecule has 1 fully saturated rings. The summed E-state index contributed by atoms with van der Waals surface area (Å²) in [7, 11) is 0. The second-order valence-corrected chi connectivity index (χ2v) is 7.59. The van der Waals surface area contributed by atoms with Crippen LogP contribution >= 0.6 is 0 Å². The lowest BCUT2D eigenvalue weighted by atomic mass is 9.95. The SMILES string of the molecule is C=CCOc1cccc(C2C(=C(O)c3ccc(F)cc3)C(=O)C(=O)N2Cc2ccccc2)c1. The zero-order valence-corrected chi connectivity index (χ0v) is 17.8. The summed E-state index contributed by atoms with van der Waals surface area (Å²) in [6.45, 7) is 4.11. The van der Waals surface area contributed by atoms with E-state index in [9.17, 15) is 19.1 Å². The fourth-order valence-electron chi connectivity index (χ4n) is 3.86. The zero-order valence-electron chi connectivity index (χ0n) is 17.8. The summed E-state index contributed by atoms with van der Waals surface area (Å²) in [5.74, 6) is -1.80. The Balaban J connectivity index is 1.84. The van der Waals surface area contributed by atoms with Gasteiger partial charge in [0.2, 0.25) is 0 Å². The maximum atomic E-state index is 13.4. The number of nitrogens with zero attached hydrogens (tertiary/aromatic N) is 1. The molecule has 1 aliphatic rings. The van der Waals surface area contributed by atoms with Gasteiger partial charge in [0.25, 0.3) is 11.7 Å². The minimum absolute atomic E-state index is 0.0524. The van der Waals surface area contributed by atoms with E-state index in [1.54, 1.807) is 30.3 Å². The van der Waals surface area contributed by atoms with Gasteiger partial charge in [0.05, 0.1) is 11.6 Å². The number of aliphatic hydroxyl groups is 1. The Kier molecular flexibility index (Phi) is 6.36. The van der Waals surface area contributed by atoms with Crippen LogP contribution in [0.5, 0.6) is 5.75 Å². The maximum Gasteiger partial charge on any atom is 0.295 e. The highest BCUT2D eigenvalue weighted by Crippen LogP contribution is 2.41. The van der Waals surface area contributed by atoms with Crippen LogP contribution in [0.2, 0.25) is 0 Å². The molecule has 3 aromatic carbocycles. The summed E-state index contributed by atoms with van der Waals surface area (Å²) < 4.78 is 19.0. The van der Waals surface area contributed by atoms with Gasteiger partial charge >= 0.3 is 0 Å². The topological polar surface area (TPSA) is 66.8 Å². The molecular formula is C27H22FNO4. The number of hydrogen-bond acceptors (Lipinski definition) is 4. The Morgan fingerprint density at radius 2 is 1.76 bits per heavy atom. The van der Waals surface area contributed by atoms with Crippen molar-refractivity contribution in [2.75, 3.05) is 6.61 Å². The second kappa shape index (κ2) is 9.53. The number of halogens is 1. The van der Waals surface area contributed by atoms with E-state index in [1.165, 1.54) is 29.2 Å². The molecule has 1 N–H and O–H groups in total. The highest BCUT2D eigenvalue weighted by atomic mass is 19.1. The Morgan fingerprint density at radius 3 is 2.45 bits per heavy atom. The molecule has 3 aromatic rings. The van der Waals surface area contributed by atoms with Crippen molar-refractivity contribution < 1.29 is 23.8 Å². The quantitative estimate of drug-likeness (QED) is 0.241. The first-order chi connectivity index (χ1) is 16.0. The predicted octanol–water partition coefficient (Wildman–Crippen LogP) is 5.01. The molecule has 1 saturated heterocycles. The van der Waals surface area contributed by atoms with E-state index >= 15 is 0 Å². The van der Waals surface area contributed by atoms with Crippen LogP contribution in [-0.2, 0) is 16.1 Å². The van der Waals surface area contributed by atoms with Crippen molar-refractivity contribution >= 4 is 17.4 Å². The molecular weight excluding hydrogens is 421 g/mol. The number of rotatable bonds is 7. The highest BCUT2D eigenvalue weighted by Gasteiger charge is 2.46. The number of benzene rings is 3. The van der Waals surface area contributed by atoms with E-state index in [-0.39, 0.29) is 23.4 Å². The van der Waals surface area contributed by atoms with Gasteiger partial charge in [-0.2, -0.15) is 0 Å². The molecule has 1 heterocycles. The van der Waals surface area contributed by atoms with Crippen molar-refractivity contribution in [2.24, 2.45) is 0 Å². The van der Waals surface area contributed by atoms with Crippen molar-refractivity contribution in [3.8, 4) is 5.75 Å². The number of carbonyl (C=O) groups excluding carboxylic acids is 2. The van der Waals surface area contributed by atoms with Crippen molar-refractivity contribution in [2.45, 2.75) is 12.6 Å². The van der Waals surface area contributed by atoms with Gasteiger partial charge in [-0.15, -0.1) is 0 Å². The van der Waals surface area contributed by atoms with Crippen LogP contribution in [0.4, 0.5) is 4.39 Å². The maximum absolute atomic E-state index is 13.4. The predicted molar refractivity (Wildman–Crippen MR) is 123 cm³/mol. The molecule has 0 aliphatic carbocycles. The third kappa shape index (κ3) is 4.55. The summed E-state index contributed by atoms with van der Waals surface area (Å²) >= 11 is 0. The number of Topliss-reactive ketones (excluding diaryl/α,β-unsaturated/α-hetero) is 1. The zero-order chi connectivity index (χ0) is 23.4. The Morgan fingerprint density at radius 1 is 1.03 bits per heavy atom. The highest BCUT2D eigenvalue weighted by molar-refractivity contribution is 6.46. The van der Waals surface area contributed by atoms with Crippen LogP contribution in [0.1, 0.15) is 22.7 Å². The molecule has 5 nitrogen and oxygen atoms in total. The van der Waals surface area contributed by atoms with Gasteiger partial charge in [0.1, 0.15) is 23.9 Å². The number of likely N-dealkylation sites (tertiary alicyclic amines) is 1. The van der Waals surface area contributed by atoms with E-state index in [0.29, 0.717) is 17.9 Å². The van der Waals surface area contributed by atoms with E-state index in [4.69, 9.17) is 4.74 Å². The third-order valence-electron chi connectivity index (χ3n) is 5.40. The lowest BCUT2D eigenvalue weighted by molar-refractivity contribution is -0.140. The van der Waals surface area contributed by atoms with Crippen LogP contribution in [0.15, 0.2) is 97.1 Å². The molecule has 0 bridgehead atoms. The fraction of sp³-hybridized carbons (Fsp3) is 0.111. The third-order valence-corrected chi connectivity index (χ3v) is 5.40. The van der Waals surface area contributed by atoms with Crippen molar-refractivity contribution in [3.63, 3.8) is 0 Å². The van der Waals surface area contributed by atoms with Gasteiger partial charge in [0, 0.05) is 12.1 Å². The average molecular weight is 443 g/mol. The molecule has 0 spiro atoms. The molecule has 33 heavy (non-hydrogen) atoms. The van der Waals surface area contributed by atoms with Gasteiger partial charge < -0.3 is 14.7 Å². The first kappa shape index (κ1) is 22.0. The number of carbonyl (C=O) groups is 2. The minimum Gasteiger partial charge on any atom is -0.507 e. The van der Waals surface area contributed by atoms with Crippen LogP contribution in [0.25, 0.3) is 5.76 Å². The van der Waals surface area contributed by atoms with Crippen molar-refractivity contribution in [1.29, 1.82) is 0 Å². The Labute approximate surface area is 191 Å². The van der Waals surface area contributed by atoms with Gasteiger partial charge in [-0.3, -0.25) is 9.59 Å². The van der Waals surface area contributed by atoms with Gasteiger partial charge in [-0.25, -0.2) is 4.39 Å². The number of hydrogen-bond donors (Lipinski definition) is 1. The van der Waals surface area contributed by atoms with Crippen molar-refractivity contribution in [3.05, 3.63) is 120 Å². The number of aliphatic hydroxyl groups excluding tert-OH is 1. The van der Waals surface area contributed by atoms with E-state index < -0.39 is 23.5 Å². The molecule has 4 rings (SSSR count). The Hall–Kier alpha value is -4.19. The monoisotopic (exact) mass is 443 g/mol. The number of amides is 1. The van der Waals surface area contributed by atoms with Crippen LogP contribution in [0, 0.1) is 5.82 Å². The van der Waals surface area contributed by atoms with Crippen LogP contribution in [-0.4, -0.2) is 28.3 Å². The molecule has 0 radical (unpaired) electrons. The number of ether oxygens (including phenoxy) is 1. The normalized spacial score (nSPS) is 17.2. The molecule has 1 unspecified atom stereocenters. The largest absolute Gasteiger partial charge is 0.507 e. The van der Waals surface area contributed by atoms with Crippen molar-refractivity contribution in [1.82, 2.24) is 4.90 Å². The molecule has 1 aliphatic heterocycles. The second-order valence-electron chi connectivity index (χ2n) is 7.59. The summed E-state index contributed by atoms with van der Waals surface area (Å²) in [4.78, 5) is 27.6. The summed E-state index contributed by atoms with van der Waals surface area (Å²) in [5, 5.41) is 11.0. The van der Waals surface area contributed by atoms with Crippen LogP contribution < -0.4 is 4.74 Å². The lowest BCUT2D eigenvalue weighted by Gasteiger charge is -2.26. The van der Waals surface area contributed by atoms with E-state index in [2.05, 4.69) is 6.58 Å². The van der Waals surface area contributed by atoms with Gasteiger partial charge in [-0.1, -0.05) is 55.1 Å². The smallest absolute Gasteiger partial charge is 0.295 e. The standard InChI is InChI=1S/C27H22FNO4/c1-2-15-33-22-10-6-9-20(16-22)24-23(25(30)19-11-13-21(28)14-12-19)26(31)27(32)29(24)17-18-7-4-3-5-8-18/h2-14,16,24,30H,1,15,17H2. The first-order valence-corrected chi connectivity index (χ1v) is 10.4. The summed E-state index contributed by atoms with van der Waals surface area (Å²) in [6, 6.07) is 20.6. The van der Waals surface area contributed by atoms with E-state index in [1.807, 2.05) is 30.3 Å².